The Balaban J connectivity index is 1.61. The maximum Gasteiger partial charge on any atom is 0.254 e. The van der Waals surface area contributed by atoms with Gasteiger partial charge in [-0.2, -0.15) is 0 Å². The summed E-state index contributed by atoms with van der Waals surface area (Å²) in [5, 5.41) is 0.478. The largest absolute Gasteiger partial charge is 0.464 e. The number of hydrogen-bond acceptors (Lipinski definition) is 4. The third-order valence-corrected chi connectivity index (χ3v) is 6.89. The molecule has 0 N–H and O–H groups in total. The van der Waals surface area contributed by atoms with Gasteiger partial charge in [-0.15, -0.1) is 6.58 Å². The second-order valence-corrected chi connectivity index (χ2v) is 11.1. The van der Waals surface area contributed by atoms with E-state index in [2.05, 4.69) is 27.4 Å². The molecule has 6 nitrogen and oxygen atoms in total. The Kier molecular flexibility index (Phi) is 8.68. The van der Waals surface area contributed by atoms with Crippen molar-refractivity contribution in [3.05, 3.63) is 130 Å². The molecule has 0 spiro atoms. The van der Waals surface area contributed by atoms with Crippen LogP contribution in [-0.4, -0.2) is 34.7 Å². The Morgan fingerprint density at radius 2 is 1.62 bits per heavy atom. The third-order valence-electron chi connectivity index (χ3n) is 6.89. The number of amides is 2. The second-order valence-electron chi connectivity index (χ2n) is 11.1. The molecule has 0 saturated heterocycles. The molecule has 0 atom stereocenters. The van der Waals surface area contributed by atoms with E-state index in [-0.39, 0.29) is 48.8 Å². The van der Waals surface area contributed by atoms with Gasteiger partial charge in [0.05, 0.1) is 23.8 Å². The highest BCUT2D eigenvalue weighted by Crippen LogP contribution is 2.23. The van der Waals surface area contributed by atoms with Gasteiger partial charge in [-0.05, 0) is 47.7 Å². The Labute approximate surface area is 235 Å². The zero-order valence-electron chi connectivity index (χ0n) is 23.6. The second kappa shape index (κ2) is 12.2. The molecule has 0 unspecified atom stereocenters. The van der Waals surface area contributed by atoms with Crippen molar-refractivity contribution >= 4 is 22.8 Å². The zero-order valence-corrected chi connectivity index (χ0v) is 23.6. The number of fused-ring (bicyclic) bond motifs is 1. The lowest BCUT2D eigenvalue weighted by molar-refractivity contribution is -0.133. The van der Waals surface area contributed by atoms with E-state index in [0.29, 0.717) is 22.1 Å². The predicted molar refractivity (Wildman–Crippen MR) is 159 cm³/mol. The van der Waals surface area contributed by atoms with Gasteiger partial charge in [0.25, 0.3) is 5.91 Å². The SMILES string of the molecule is C=CCN(CC(=O)N(Cc1ccccc1)Cc1coc2ccc(C)cc2c1=O)C(=O)c1ccc(C(C)(C)C)cc1. The summed E-state index contributed by atoms with van der Waals surface area (Å²) in [7, 11) is 0. The maximum atomic E-state index is 13.8. The van der Waals surface area contributed by atoms with E-state index < -0.39 is 0 Å². The zero-order chi connectivity index (χ0) is 28.9. The molecule has 1 aromatic heterocycles. The van der Waals surface area contributed by atoms with Gasteiger partial charge in [0.1, 0.15) is 12.1 Å². The average molecular weight is 537 g/mol. The van der Waals surface area contributed by atoms with Gasteiger partial charge >= 0.3 is 0 Å². The fraction of sp³-hybridized carbons (Fsp3) is 0.265. The van der Waals surface area contributed by atoms with E-state index in [9.17, 15) is 14.4 Å². The molecule has 0 aliphatic carbocycles. The molecule has 3 aromatic carbocycles. The third kappa shape index (κ3) is 6.75. The van der Waals surface area contributed by atoms with Crippen molar-refractivity contribution in [1.29, 1.82) is 0 Å². The van der Waals surface area contributed by atoms with Crippen LogP contribution in [0.5, 0.6) is 0 Å². The van der Waals surface area contributed by atoms with Gasteiger partial charge in [0, 0.05) is 18.7 Å². The summed E-state index contributed by atoms with van der Waals surface area (Å²) in [6.07, 6.45) is 3.03. The Hall–Kier alpha value is -4.45. The summed E-state index contributed by atoms with van der Waals surface area (Å²) >= 11 is 0. The van der Waals surface area contributed by atoms with Gasteiger partial charge in [-0.3, -0.25) is 14.4 Å². The first-order chi connectivity index (χ1) is 19.1. The number of rotatable bonds is 9. The maximum absolute atomic E-state index is 13.8. The first kappa shape index (κ1) is 28.6. The molecule has 0 aliphatic rings. The first-order valence-electron chi connectivity index (χ1n) is 13.4. The standard InChI is InChI=1S/C34H36N2O4/c1-6-18-35(33(39)26-13-15-28(16-14-26)34(3,4)5)22-31(37)36(20-25-10-8-7-9-11-25)21-27-23-40-30-17-12-24(2)19-29(30)32(27)38/h6-17,19,23H,1,18,20-22H2,2-5H3. The molecule has 2 amide bonds. The van der Waals surface area contributed by atoms with Crippen molar-refractivity contribution in [2.75, 3.05) is 13.1 Å². The number of benzene rings is 3. The Morgan fingerprint density at radius 1 is 0.925 bits per heavy atom. The first-order valence-corrected chi connectivity index (χ1v) is 13.4. The van der Waals surface area contributed by atoms with Gasteiger partial charge in [0.2, 0.25) is 5.91 Å². The number of carbonyl (C=O) groups excluding carboxylic acids is 2. The van der Waals surface area contributed by atoms with Crippen LogP contribution in [0.25, 0.3) is 11.0 Å². The van der Waals surface area contributed by atoms with Gasteiger partial charge in [0.15, 0.2) is 5.43 Å². The van der Waals surface area contributed by atoms with Crippen LogP contribution in [0.4, 0.5) is 0 Å². The van der Waals surface area contributed by atoms with E-state index in [4.69, 9.17) is 4.42 Å². The minimum Gasteiger partial charge on any atom is -0.464 e. The highest BCUT2D eigenvalue weighted by molar-refractivity contribution is 5.96. The Morgan fingerprint density at radius 3 is 2.27 bits per heavy atom. The van der Waals surface area contributed by atoms with Crippen LogP contribution in [0.3, 0.4) is 0 Å². The summed E-state index contributed by atoms with van der Waals surface area (Å²) in [6.45, 7) is 12.4. The highest BCUT2D eigenvalue weighted by atomic mass is 16.3. The molecular formula is C34H36N2O4. The van der Waals surface area contributed by atoms with Crippen molar-refractivity contribution in [1.82, 2.24) is 9.80 Å². The predicted octanol–water partition coefficient (Wildman–Crippen LogP) is 6.26. The normalized spacial score (nSPS) is 11.3. The van der Waals surface area contributed by atoms with E-state index in [1.54, 1.807) is 35.2 Å². The lowest BCUT2D eigenvalue weighted by Crippen LogP contribution is -2.43. The molecule has 4 aromatic rings. The smallest absolute Gasteiger partial charge is 0.254 e. The highest BCUT2D eigenvalue weighted by Gasteiger charge is 2.24. The van der Waals surface area contributed by atoms with E-state index >= 15 is 0 Å². The van der Waals surface area contributed by atoms with Gasteiger partial charge in [-0.25, -0.2) is 0 Å². The van der Waals surface area contributed by atoms with Crippen molar-refractivity contribution in [2.24, 2.45) is 0 Å². The summed E-state index contributed by atoms with van der Waals surface area (Å²) in [4.78, 5) is 43.6. The summed E-state index contributed by atoms with van der Waals surface area (Å²) < 4.78 is 5.74. The van der Waals surface area contributed by atoms with Crippen molar-refractivity contribution in [3.63, 3.8) is 0 Å². The van der Waals surface area contributed by atoms with E-state index in [1.807, 2.05) is 55.5 Å². The van der Waals surface area contributed by atoms with E-state index in [1.165, 1.54) is 11.2 Å². The van der Waals surface area contributed by atoms with Crippen LogP contribution in [0, 0.1) is 6.92 Å². The number of nitrogens with zero attached hydrogens (tertiary/aromatic N) is 2. The molecule has 6 heteroatoms. The summed E-state index contributed by atoms with van der Waals surface area (Å²) in [6, 6.07) is 22.5. The van der Waals surface area contributed by atoms with Gasteiger partial charge in [-0.1, -0.05) is 80.9 Å². The molecule has 0 bridgehead atoms. The molecule has 4 rings (SSSR count). The monoisotopic (exact) mass is 536 g/mol. The summed E-state index contributed by atoms with van der Waals surface area (Å²) in [5.74, 6) is -0.539. The molecule has 0 fully saturated rings. The van der Waals surface area contributed by atoms with Crippen LogP contribution in [0.2, 0.25) is 0 Å². The lowest BCUT2D eigenvalue weighted by Gasteiger charge is -2.27. The van der Waals surface area contributed by atoms with Gasteiger partial charge < -0.3 is 14.2 Å². The summed E-state index contributed by atoms with van der Waals surface area (Å²) in [5.41, 5.74) is 4.15. The fourth-order valence-electron chi connectivity index (χ4n) is 4.57. The fourth-order valence-corrected chi connectivity index (χ4v) is 4.57. The number of carbonyl (C=O) groups is 2. The number of aryl methyl sites for hydroxylation is 1. The topological polar surface area (TPSA) is 70.8 Å². The van der Waals surface area contributed by atoms with Crippen LogP contribution in [0.15, 0.2) is 101 Å². The molecule has 40 heavy (non-hydrogen) atoms. The average Bonchev–Trinajstić information content (AvgIpc) is 2.94. The van der Waals surface area contributed by atoms with Crippen molar-refractivity contribution in [2.45, 2.75) is 46.2 Å². The molecule has 0 radical (unpaired) electrons. The minimum absolute atomic E-state index is 0.0373. The molecule has 0 saturated carbocycles. The van der Waals surface area contributed by atoms with Crippen molar-refractivity contribution < 1.29 is 14.0 Å². The minimum atomic E-state index is -0.283. The molecule has 0 aliphatic heterocycles. The van der Waals surface area contributed by atoms with Crippen LogP contribution < -0.4 is 5.43 Å². The van der Waals surface area contributed by atoms with Crippen LogP contribution in [0.1, 0.15) is 53.4 Å². The molecule has 1 heterocycles. The quantitative estimate of drug-likeness (QED) is 0.237. The van der Waals surface area contributed by atoms with Crippen molar-refractivity contribution in [3.8, 4) is 0 Å². The molecule has 206 valence electrons. The Bertz CT molecular complexity index is 1560. The number of hydrogen-bond donors (Lipinski definition) is 0. The van der Waals surface area contributed by atoms with Crippen LogP contribution in [-0.2, 0) is 23.3 Å². The molecular weight excluding hydrogens is 500 g/mol. The van der Waals surface area contributed by atoms with E-state index in [0.717, 1.165) is 16.7 Å². The lowest BCUT2D eigenvalue weighted by atomic mass is 9.86. The van der Waals surface area contributed by atoms with Crippen LogP contribution >= 0.6 is 0 Å².